The molecular formula is C21H21N3O2. The van der Waals surface area contributed by atoms with Crippen molar-refractivity contribution in [3.63, 3.8) is 0 Å². The number of nitrogens with zero attached hydrogens (tertiary/aromatic N) is 1. The molecule has 132 valence electrons. The van der Waals surface area contributed by atoms with Crippen LogP contribution < -0.4 is 10.7 Å². The maximum Gasteiger partial charge on any atom is 0.311 e. The Morgan fingerprint density at radius 3 is 2.54 bits per heavy atom. The second-order valence-corrected chi connectivity index (χ2v) is 6.87. The van der Waals surface area contributed by atoms with Crippen molar-refractivity contribution in [2.75, 3.05) is 0 Å². The molecule has 0 unspecified atom stereocenters. The van der Waals surface area contributed by atoms with Gasteiger partial charge in [-0.25, -0.2) is 5.43 Å². The third-order valence-corrected chi connectivity index (χ3v) is 4.09. The zero-order chi connectivity index (χ0) is 18.6. The minimum atomic E-state index is -0.771. The molecule has 0 atom stereocenters. The molecule has 0 fully saturated rings. The number of ketones is 1. The molecule has 5 nitrogen and oxygen atoms in total. The van der Waals surface area contributed by atoms with Crippen LogP contribution >= 0.6 is 0 Å². The first-order chi connectivity index (χ1) is 12.4. The number of carbonyl (C=O) groups excluding carboxylic acids is 2. The van der Waals surface area contributed by atoms with Crippen molar-refractivity contribution in [1.29, 1.82) is 0 Å². The predicted octanol–water partition coefficient (Wildman–Crippen LogP) is 2.67. The maximum atomic E-state index is 12.3. The fourth-order valence-electron chi connectivity index (χ4n) is 2.96. The molecule has 1 amide bonds. The molecule has 0 saturated carbocycles. The average Bonchev–Trinajstić information content (AvgIpc) is 2.61. The van der Waals surface area contributed by atoms with E-state index >= 15 is 0 Å². The molecule has 2 aromatic carbocycles. The van der Waals surface area contributed by atoms with Crippen LogP contribution in [0.2, 0.25) is 0 Å². The molecule has 5 heteroatoms. The van der Waals surface area contributed by atoms with E-state index < -0.39 is 11.7 Å². The Bertz CT molecular complexity index is 883. The van der Waals surface area contributed by atoms with Crippen LogP contribution in [0.1, 0.15) is 30.5 Å². The minimum absolute atomic E-state index is 0.192. The van der Waals surface area contributed by atoms with Crippen molar-refractivity contribution in [3.8, 4) is 0 Å². The Kier molecular flexibility index (Phi) is 4.98. The van der Waals surface area contributed by atoms with Crippen LogP contribution in [0.15, 0.2) is 65.8 Å². The summed E-state index contributed by atoms with van der Waals surface area (Å²) in [5, 5.41) is 7.17. The lowest BCUT2D eigenvalue weighted by Gasteiger charge is -2.35. The smallest absolute Gasteiger partial charge is 0.311 e. The van der Waals surface area contributed by atoms with Crippen LogP contribution in [0.5, 0.6) is 0 Å². The summed E-state index contributed by atoms with van der Waals surface area (Å²) in [4.78, 5) is 24.3. The summed E-state index contributed by atoms with van der Waals surface area (Å²) in [6, 6.07) is 17.2. The van der Waals surface area contributed by atoms with Gasteiger partial charge in [-0.05, 0) is 31.4 Å². The van der Waals surface area contributed by atoms with Gasteiger partial charge in [0.25, 0.3) is 0 Å². The van der Waals surface area contributed by atoms with E-state index in [1.807, 2.05) is 54.6 Å². The number of hydrogen-bond acceptors (Lipinski definition) is 4. The van der Waals surface area contributed by atoms with Gasteiger partial charge in [0.2, 0.25) is 5.78 Å². The molecule has 2 aromatic rings. The molecule has 0 aromatic heterocycles. The highest BCUT2D eigenvalue weighted by molar-refractivity contribution is 6.41. The van der Waals surface area contributed by atoms with Crippen LogP contribution in [0.25, 0.3) is 5.70 Å². The molecule has 0 saturated heterocycles. The largest absolute Gasteiger partial charge is 0.379 e. The van der Waals surface area contributed by atoms with E-state index in [2.05, 4.69) is 29.7 Å². The number of amides is 1. The highest BCUT2D eigenvalue weighted by atomic mass is 16.2. The first kappa shape index (κ1) is 17.6. The summed E-state index contributed by atoms with van der Waals surface area (Å²) in [5.41, 5.74) is 5.67. The van der Waals surface area contributed by atoms with Gasteiger partial charge < -0.3 is 5.32 Å². The number of fused-ring (bicyclic) bond motifs is 1. The molecule has 1 aliphatic rings. The highest BCUT2D eigenvalue weighted by Gasteiger charge is 2.28. The van der Waals surface area contributed by atoms with Crippen molar-refractivity contribution in [2.45, 2.75) is 25.8 Å². The second-order valence-electron chi connectivity index (χ2n) is 6.87. The van der Waals surface area contributed by atoms with E-state index in [1.54, 1.807) is 0 Å². The molecule has 2 N–H and O–H groups in total. The lowest BCUT2D eigenvalue weighted by atomic mass is 9.85. The number of carbonyl (C=O) groups is 2. The Hall–Kier alpha value is -3.21. The molecule has 0 radical (unpaired) electrons. The molecule has 1 aliphatic heterocycles. The van der Waals surface area contributed by atoms with Gasteiger partial charge in [0.05, 0.1) is 6.21 Å². The summed E-state index contributed by atoms with van der Waals surface area (Å²) in [6.07, 6.45) is 3.69. The number of hydrogen-bond donors (Lipinski definition) is 2. The van der Waals surface area contributed by atoms with Gasteiger partial charge in [0.15, 0.2) is 0 Å². The van der Waals surface area contributed by atoms with Gasteiger partial charge in [0, 0.05) is 22.9 Å². The van der Waals surface area contributed by atoms with Gasteiger partial charge >= 0.3 is 5.91 Å². The minimum Gasteiger partial charge on any atom is -0.379 e. The predicted molar refractivity (Wildman–Crippen MR) is 103 cm³/mol. The fourth-order valence-corrected chi connectivity index (χ4v) is 2.96. The average molecular weight is 347 g/mol. The van der Waals surface area contributed by atoms with Crippen LogP contribution in [0.4, 0.5) is 0 Å². The lowest BCUT2D eigenvalue weighted by Crippen LogP contribution is -2.44. The first-order valence-corrected chi connectivity index (χ1v) is 8.45. The Morgan fingerprint density at radius 1 is 1.08 bits per heavy atom. The van der Waals surface area contributed by atoms with E-state index in [9.17, 15) is 9.59 Å². The Balaban J connectivity index is 1.73. The molecule has 1 heterocycles. The van der Waals surface area contributed by atoms with Gasteiger partial charge in [-0.3, -0.25) is 9.59 Å². The molecule has 3 rings (SSSR count). The van der Waals surface area contributed by atoms with Crippen LogP contribution in [-0.2, 0) is 16.0 Å². The normalized spacial score (nSPS) is 16.8. The molecule has 26 heavy (non-hydrogen) atoms. The van der Waals surface area contributed by atoms with Crippen molar-refractivity contribution in [1.82, 2.24) is 10.7 Å². The van der Waals surface area contributed by atoms with Crippen molar-refractivity contribution >= 4 is 23.6 Å². The number of hydrazone groups is 1. The number of nitrogens with one attached hydrogen (secondary N) is 2. The lowest BCUT2D eigenvalue weighted by molar-refractivity contribution is -0.135. The SMILES string of the molecule is CC1(C)Cc2ccccc2/C(=C/C(=O)C(=O)N/N=C\c2ccccc2)N1. The molecule has 0 aliphatic carbocycles. The van der Waals surface area contributed by atoms with Crippen LogP contribution in [0, 0.1) is 0 Å². The van der Waals surface area contributed by atoms with Crippen LogP contribution in [0.3, 0.4) is 0 Å². The van der Waals surface area contributed by atoms with E-state index in [1.165, 1.54) is 12.3 Å². The maximum absolute atomic E-state index is 12.3. The standard InChI is InChI=1S/C21H21N3O2/c1-21(2)13-16-10-6-7-11-17(16)18(23-21)12-19(25)20(26)24-22-14-15-8-4-3-5-9-15/h3-12,14,23H,13H2,1-2H3,(H,24,26)/b18-12-,22-14-. The summed E-state index contributed by atoms with van der Waals surface area (Å²) in [5.74, 6) is -1.42. The third-order valence-electron chi connectivity index (χ3n) is 4.09. The first-order valence-electron chi connectivity index (χ1n) is 8.45. The van der Waals surface area contributed by atoms with E-state index in [4.69, 9.17) is 0 Å². The Labute approximate surface area is 152 Å². The zero-order valence-corrected chi connectivity index (χ0v) is 14.8. The molecule has 0 spiro atoms. The van der Waals surface area contributed by atoms with Gasteiger partial charge in [-0.2, -0.15) is 5.10 Å². The van der Waals surface area contributed by atoms with E-state index in [0.717, 1.165) is 23.1 Å². The van der Waals surface area contributed by atoms with Gasteiger partial charge in [-0.15, -0.1) is 0 Å². The number of benzene rings is 2. The molecular weight excluding hydrogens is 326 g/mol. The summed E-state index contributed by atoms with van der Waals surface area (Å²) in [6.45, 7) is 4.12. The molecule has 0 bridgehead atoms. The topological polar surface area (TPSA) is 70.6 Å². The summed E-state index contributed by atoms with van der Waals surface area (Å²) in [7, 11) is 0. The monoisotopic (exact) mass is 347 g/mol. The van der Waals surface area contributed by atoms with Gasteiger partial charge in [-0.1, -0.05) is 54.6 Å². The van der Waals surface area contributed by atoms with Crippen molar-refractivity contribution < 1.29 is 9.59 Å². The quantitative estimate of drug-likeness (QED) is 0.387. The van der Waals surface area contributed by atoms with Crippen molar-refractivity contribution in [2.24, 2.45) is 5.10 Å². The van der Waals surface area contributed by atoms with Crippen molar-refractivity contribution in [3.05, 3.63) is 77.4 Å². The van der Waals surface area contributed by atoms with E-state index in [-0.39, 0.29) is 5.54 Å². The summed E-state index contributed by atoms with van der Waals surface area (Å²) < 4.78 is 0. The Morgan fingerprint density at radius 2 is 1.77 bits per heavy atom. The highest BCUT2D eigenvalue weighted by Crippen LogP contribution is 2.29. The fraction of sp³-hybridized carbons (Fsp3) is 0.190. The third kappa shape index (κ3) is 4.25. The van der Waals surface area contributed by atoms with Crippen LogP contribution in [-0.4, -0.2) is 23.4 Å². The number of rotatable bonds is 4. The second kappa shape index (κ2) is 7.35. The van der Waals surface area contributed by atoms with Gasteiger partial charge in [0.1, 0.15) is 0 Å². The van der Waals surface area contributed by atoms with E-state index in [0.29, 0.717) is 5.70 Å². The summed E-state index contributed by atoms with van der Waals surface area (Å²) >= 11 is 0. The zero-order valence-electron chi connectivity index (χ0n) is 14.8.